The molecule has 0 atom stereocenters. The highest BCUT2D eigenvalue weighted by atomic mass is 32.2. The summed E-state index contributed by atoms with van der Waals surface area (Å²) in [7, 11) is -1.93. The monoisotopic (exact) mass is 306 g/mol. The second-order valence-electron chi connectivity index (χ2n) is 4.85. The Labute approximate surface area is 122 Å². The van der Waals surface area contributed by atoms with Crippen molar-refractivity contribution >= 4 is 21.6 Å². The molecular formula is C13H14N4O3S. The largest absolute Gasteiger partial charge is 0.315 e. The lowest BCUT2D eigenvalue weighted by Crippen LogP contribution is -2.23. The third-order valence-corrected chi connectivity index (χ3v) is 4.86. The van der Waals surface area contributed by atoms with Gasteiger partial charge in [0.15, 0.2) is 0 Å². The van der Waals surface area contributed by atoms with Gasteiger partial charge in [0.2, 0.25) is 15.9 Å². The van der Waals surface area contributed by atoms with Gasteiger partial charge >= 0.3 is 0 Å². The molecular weight excluding hydrogens is 292 g/mol. The van der Waals surface area contributed by atoms with Gasteiger partial charge in [-0.1, -0.05) is 0 Å². The summed E-state index contributed by atoms with van der Waals surface area (Å²) in [5, 5.41) is 6.38. The predicted molar refractivity (Wildman–Crippen MR) is 76.2 cm³/mol. The van der Waals surface area contributed by atoms with Crippen molar-refractivity contribution in [1.29, 1.82) is 0 Å². The van der Waals surface area contributed by atoms with Gasteiger partial charge in [0.25, 0.3) is 0 Å². The van der Waals surface area contributed by atoms with Gasteiger partial charge in [-0.3, -0.25) is 9.89 Å². The summed E-state index contributed by atoms with van der Waals surface area (Å²) >= 11 is 0. The fourth-order valence-corrected chi connectivity index (χ4v) is 3.32. The molecule has 1 aliphatic heterocycles. The van der Waals surface area contributed by atoms with Crippen LogP contribution in [0.4, 0.5) is 5.69 Å². The van der Waals surface area contributed by atoms with Crippen molar-refractivity contribution in [2.45, 2.75) is 17.9 Å². The van der Waals surface area contributed by atoms with Crippen LogP contribution in [0.1, 0.15) is 11.1 Å². The number of aromatic amines is 1. The molecule has 110 valence electrons. The minimum Gasteiger partial charge on any atom is -0.315 e. The molecule has 7 nitrogen and oxygen atoms in total. The van der Waals surface area contributed by atoms with Crippen LogP contribution in [0.2, 0.25) is 0 Å². The molecule has 0 saturated heterocycles. The summed E-state index contributed by atoms with van der Waals surface area (Å²) in [5.41, 5.74) is 2.23. The number of fused-ring (bicyclic) bond motifs is 1. The van der Waals surface area contributed by atoms with Crippen molar-refractivity contribution < 1.29 is 13.2 Å². The molecule has 0 unspecified atom stereocenters. The smallest absolute Gasteiger partial charge is 0.240 e. The maximum atomic E-state index is 12.3. The minimum atomic E-state index is -3.61. The average molecular weight is 306 g/mol. The van der Waals surface area contributed by atoms with Crippen molar-refractivity contribution in [1.82, 2.24) is 14.9 Å². The van der Waals surface area contributed by atoms with Crippen LogP contribution >= 0.6 is 0 Å². The van der Waals surface area contributed by atoms with Gasteiger partial charge in [0, 0.05) is 31.0 Å². The van der Waals surface area contributed by atoms with Crippen LogP contribution in [0, 0.1) is 0 Å². The summed E-state index contributed by atoms with van der Waals surface area (Å²) < 4.78 is 27.0. The third-order valence-electron chi connectivity index (χ3n) is 3.46. The quantitative estimate of drug-likeness (QED) is 0.855. The molecule has 1 aliphatic rings. The second-order valence-corrected chi connectivity index (χ2v) is 6.62. The van der Waals surface area contributed by atoms with E-state index in [0.29, 0.717) is 0 Å². The topological polar surface area (TPSA) is 95.2 Å². The van der Waals surface area contributed by atoms with Crippen molar-refractivity contribution in [3.63, 3.8) is 0 Å². The maximum absolute atomic E-state index is 12.3. The van der Waals surface area contributed by atoms with Crippen LogP contribution in [-0.4, -0.2) is 31.6 Å². The lowest BCUT2D eigenvalue weighted by Gasteiger charge is -2.11. The molecule has 0 saturated carbocycles. The van der Waals surface area contributed by atoms with Gasteiger partial charge in [-0.15, -0.1) is 0 Å². The van der Waals surface area contributed by atoms with Crippen LogP contribution in [0.5, 0.6) is 0 Å². The van der Waals surface area contributed by atoms with E-state index in [9.17, 15) is 13.2 Å². The Morgan fingerprint density at radius 1 is 1.43 bits per heavy atom. The lowest BCUT2D eigenvalue weighted by atomic mass is 10.2. The molecule has 0 fully saturated rings. The van der Waals surface area contributed by atoms with Crippen LogP contribution in [0.15, 0.2) is 35.5 Å². The van der Waals surface area contributed by atoms with E-state index in [1.165, 1.54) is 11.0 Å². The van der Waals surface area contributed by atoms with Crippen LogP contribution in [0.25, 0.3) is 0 Å². The number of H-pyrrole nitrogens is 1. The van der Waals surface area contributed by atoms with Crippen molar-refractivity contribution in [2.24, 2.45) is 0 Å². The number of rotatable bonds is 4. The highest BCUT2D eigenvalue weighted by molar-refractivity contribution is 7.89. The Balaban J connectivity index is 1.83. The van der Waals surface area contributed by atoms with E-state index in [1.807, 2.05) is 0 Å². The van der Waals surface area contributed by atoms with Crippen molar-refractivity contribution in [3.8, 4) is 0 Å². The number of carbonyl (C=O) groups is 1. The Morgan fingerprint density at radius 3 is 2.95 bits per heavy atom. The Bertz CT molecular complexity index is 784. The van der Waals surface area contributed by atoms with Gasteiger partial charge in [0.05, 0.1) is 17.5 Å². The first kappa shape index (κ1) is 13.8. The summed E-state index contributed by atoms with van der Waals surface area (Å²) in [4.78, 5) is 13.3. The average Bonchev–Trinajstić information content (AvgIpc) is 3.06. The molecule has 1 amide bonds. The van der Waals surface area contributed by atoms with E-state index < -0.39 is 10.0 Å². The molecule has 3 rings (SSSR count). The lowest BCUT2D eigenvalue weighted by molar-refractivity contribution is -0.117. The number of nitrogens with zero attached hydrogens (tertiary/aromatic N) is 2. The standard InChI is InChI=1S/C13H14N4O3S/c1-17-12-3-2-11(4-10(12)5-13(17)18)21(19,20)16-8-9-6-14-15-7-9/h2-4,6-7,16H,5,8H2,1H3,(H,14,15). The third kappa shape index (κ3) is 2.55. The molecule has 2 N–H and O–H groups in total. The Kier molecular flexibility index (Phi) is 3.26. The normalized spacial score (nSPS) is 14.5. The molecule has 2 aromatic rings. The fourth-order valence-electron chi connectivity index (χ4n) is 2.25. The number of hydrogen-bond acceptors (Lipinski definition) is 4. The van der Waals surface area contributed by atoms with Crippen LogP contribution in [0.3, 0.4) is 0 Å². The molecule has 0 spiro atoms. The van der Waals surface area contributed by atoms with E-state index in [-0.39, 0.29) is 23.8 Å². The number of likely N-dealkylation sites (N-methyl/N-ethyl adjacent to an activating group) is 1. The highest BCUT2D eigenvalue weighted by Crippen LogP contribution is 2.29. The van der Waals surface area contributed by atoms with E-state index in [0.717, 1.165) is 16.8 Å². The van der Waals surface area contributed by atoms with Gasteiger partial charge < -0.3 is 4.90 Å². The maximum Gasteiger partial charge on any atom is 0.240 e. The van der Waals surface area contributed by atoms with E-state index in [2.05, 4.69) is 14.9 Å². The molecule has 0 radical (unpaired) electrons. The van der Waals surface area contributed by atoms with E-state index >= 15 is 0 Å². The zero-order chi connectivity index (χ0) is 15.0. The summed E-state index contributed by atoms with van der Waals surface area (Å²) in [5.74, 6) is -0.0362. The first-order valence-electron chi connectivity index (χ1n) is 6.34. The van der Waals surface area contributed by atoms with E-state index in [1.54, 1.807) is 31.6 Å². The number of sulfonamides is 1. The van der Waals surface area contributed by atoms with Crippen LogP contribution in [-0.2, 0) is 27.8 Å². The molecule has 8 heteroatoms. The first-order valence-corrected chi connectivity index (χ1v) is 7.82. The number of anilines is 1. The van der Waals surface area contributed by atoms with Gasteiger partial charge in [-0.05, 0) is 23.8 Å². The highest BCUT2D eigenvalue weighted by Gasteiger charge is 2.26. The minimum absolute atomic E-state index is 0.0362. The SMILES string of the molecule is CN1C(=O)Cc2cc(S(=O)(=O)NCc3cn[nH]c3)ccc21. The summed E-state index contributed by atoms with van der Waals surface area (Å²) in [6.07, 6.45) is 3.41. The number of carbonyl (C=O) groups excluding carboxylic acids is 1. The number of benzene rings is 1. The molecule has 0 bridgehead atoms. The number of hydrogen-bond donors (Lipinski definition) is 2. The second kappa shape index (κ2) is 4.97. The molecule has 2 heterocycles. The van der Waals surface area contributed by atoms with E-state index in [4.69, 9.17) is 0 Å². The summed E-state index contributed by atoms with van der Waals surface area (Å²) in [6, 6.07) is 4.71. The first-order chi connectivity index (χ1) is 9.97. The van der Waals surface area contributed by atoms with Crippen molar-refractivity contribution in [2.75, 3.05) is 11.9 Å². The predicted octanol–water partition coefficient (Wildman–Crippen LogP) is 0.407. The van der Waals surface area contributed by atoms with Crippen LogP contribution < -0.4 is 9.62 Å². The molecule has 1 aromatic heterocycles. The Morgan fingerprint density at radius 2 is 2.24 bits per heavy atom. The summed E-state index contributed by atoms with van der Waals surface area (Å²) in [6.45, 7) is 0.161. The number of nitrogens with one attached hydrogen (secondary N) is 2. The zero-order valence-electron chi connectivity index (χ0n) is 11.3. The van der Waals surface area contributed by atoms with Gasteiger partial charge in [-0.2, -0.15) is 5.10 Å². The molecule has 0 aliphatic carbocycles. The number of aromatic nitrogens is 2. The number of amides is 1. The van der Waals surface area contributed by atoms with Crippen molar-refractivity contribution in [3.05, 3.63) is 41.7 Å². The molecule has 1 aromatic carbocycles. The Hall–Kier alpha value is -2.19. The fraction of sp³-hybridized carbons (Fsp3) is 0.231. The zero-order valence-corrected chi connectivity index (χ0v) is 12.1. The van der Waals surface area contributed by atoms with Gasteiger partial charge in [0.1, 0.15) is 0 Å². The molecule has 21 heavy (non-hydrogen) atoms. The van der Waals surface area contributed by atoms with Gasteiger partial charge in [-0.25, -0.2) is 13.1 Å².